The third-order valence-corrected chi connectivity index (χ3v) is 4.71. The molecule has 3 nitrogen and oxygen atoms in total. The van der Waals surface area contributed by atoms with Gasteiger partial charge in [0.25, 0.3) is 0 Å². The topological polar surface area (TPSA) is 44.9 Å². The standard InChI is InChI=1S/C16H20N2O/c1-4-12-11-7-10(2)9-16(12,17-3)13-5-6-15(19)18-14(13)8-11/h4-7,11-12,17H,1,8-9H2,2-3H3,(H,18,19)/t11?,12-,16+/m1/s1. The van der Waals surface area contributed by atoms with Crippen molar-refractivity contribution in [3.63, 3.8) is 0 Å². The number of fused-ring (bicyclic) bond motifs is 4. The van der Waals surface area contributed by atoms with Crippen LogP contribution in [0.5, 0.6) is 0 Å². The fourth-order valence-corrected chi connectivity index (χ4v) is 4.01. The second-order valence-electron chi connectivity index (χ2n) is 5.76. The van der Waals surface area contributed by atoms with Crippen molar-refractivity contribution in [2.24, 2.45) is 11.8 Å². The van der Waals surface area contributed by atoms with Gasteiger partial charge >= 0.3 is 0 Å². The first kappa shape index (κ1) is 12.4. The van der Waals surface area contributed by atoms with Gasteiger partial charge in [-0.15, -0.1) is 6.58 Å². The molecule has 0 radical (unpaired) electrons. The van der Waals surface area contributed by atoms with Gasteiger partial charge in [-0.05, 0) is 44.4 Å². The van der Waals surface area contributed by atoms with Crippen LogP contribution in [0.15, 0.2) is 41.2 Å². The van der Waals surface area contributed by atoms with Crippen LogP contribution in [-0.2, 0) is 12.0 Å². The molecular weight excluding hydrogens is 236 g/mol. The first-order valence-corrected chi connectivity index (χ1v) is 6.82. The quantitative estimate of drug-likeness (QED) is 0.796. The number of hydrogen-bond donors (Lipinski definition) is 2. The summed E-state index contributed by atoms with van der Waals surface area (Å²) in [7, 11) is 2.01. The van der Waals surface area contributed by atoms with Crippen molar-refractivity contribution in [3.8, 4) is 0 Å². The molecule has 1 heterocycles. The number of nitrogens with one attached hydrogen (secondary N) is 2. The van der Waals surface area contributed by atoms with Crippen molar-refractivity contribution < 1.29 is 0 Å². The second-order valence-corrected chi connectivity index (χ2v) is 5.76. The Labute approximate surface area is 113 Å². The van der Waals surface area contributed by atoms with Crippen molar-refractivity contribution >= 4 is 0 Å². The SMILES string of the molecule is C=C[C@@H]1C2C=C(C)C[C@@]1(NC)c1ccc(=O)[nH]c1C2. The minimum Gasteiger partial charge on any atom is -0.326 e. The van der Waals surface area contributed by atoms with Crippen molar-refractivity contribution in [1.29, 1.82) is 0 Å². The first-order valence-electron chi connectivity index (χ1n) is 6.82. The summed E-state index contributed by atoms with van der Waals surface area (Å²) in [4.78, 5) is 14.6. The lowest BCUT2D eigenvalue weighted by Crippen LogP contribution is -2.54. The molecule has 1 aromatic heterocycles. The molecule has 100 valence electrons. The molecule has 0 spiro atoms. The molecule has 2 aliphatic carbocycles. The number of aromatic amines is 1. The summed E-state index contributed by atoms with van der Waals surface area (Å²) in [5.74, 6) is 0.795. The zero-order valence-corrected chi connectivity index (χ0v) is 11.5. The predicted octanol–water partition coefficient (Wildman–Crippen LogP) is 2.11. The number of H-pyrrole nitrogens is 1. The predicted molar refractivity (Wildman–Crippen MR) is 77.1 cm³/mol. The smallest absolute Gasteiger partial charge is 0.248 e. The number of pyridine rings is 1. The summed E-state index contributed by atoms with van der Waals surface area (Å²) < 4.78 is 0. The maximum Gasteiger partial charge on any atom is 0.248 e. The van der Waals surface area contributed by atoms with E-state index in [0.29, 0.717) is 11.8 Å². The molecule has 3 rings (SSSR count). The minimum absolute atomic E-state index is 0.0131. The van der Waals surface area contributed by atoms with Crippen LogP contribution in [0.3, 0.4) is 0 Å². The molecule has 2 bridgehead atoms. The van der Waals surface area contributed by atoms with Gasteiger partial charge in [0, 0.05) is 17.7 Å². The molecule has 0 fully saturated rings. The number of aromatic nitrogens is 1. The highest BCUT2D eigenvalue weighted by Crippen LogP contribution is 2.49. The largest absolute Gasteiger partial charge is 0.326 e. The zero-order chi connectivity index (χ0) is 13.6. The van der Waals surface area contributed by atoms with Crippen molar-refractivity contribution in [2.45, 2.75) is 25.3 Å². The summed E-state index contributed by atoms with van der Waals surface area (Å²) in [6.07, 6.45) is 6.27. The van der Waals surface area contributed by atoms with E-state index in [1.807, 2.05) is 13.1 Å². The zero-order valence-electron chi connectivity index (χ0n) is 11.5. The molecule has 19 heavy (non-hydrogen) atoms. The highest BCUT2D eigenvalue weighted by molar-refractivity contribution is 5.40. The number of hydrogen-bond acceptors (Lipinski definition) is 2. The molecule has 1 aromatic rings. The van der Waals surface area contributed by atoms with E-state index in [2.05, 4.69) is 36.0 Å². The van der Waals surface area contributed by atoms with Gasteiger partial charge in [0.1, 0.15) is 0 Å². The Hall–Kier alpha value is -1.61. The lowest BCUT2D eigenvalue weighted by atomic mass is 9.59. The van der Waals surface area contributed by atoms with Crippen LogP contribution >= 0.6 is 0 Å². The van der Waals surface area contributed by atoms with Crippen LogP contribution in [0.2, 0.25) is 0 Å². The van der Waals surface area contributed by atoms with Gasteiger partial charge in [0.05, 0.1) is 5.54 Å². The summed E-state index contributed by atoms with van der Waals surface area (Å²) in [6, 6.07) is 3.61. The maximum absolute atomic E-state index is 11.6. The average Bonchev–Trinajstić information content (AvgIpc) is 2.37. The monoisotopic (exact) mass is 256 g/mol. The lowest BCUT2D eigenvalue weighted by molar-refractivity contribution is 0.178. The van der Waals surface area contributed by atoms with Gasteiger partial charge in [-0.3, -0.25) is 4.79 Å². The molecule has 3 heteroatoms. The Bertz CT molecular complexity index is 613. The molecule has 2 N–H and O–H groups in total. The summed E-state index contributed by atoms with van der Waals surface area (Å²) >= 11 is 0. The second kappa shape index (κ2) is 4.20. The third kappa shape index (κ3) is 1.65. The van der Waals surface area contributed by atoms with Crippen molar-refractivity contribution in [3.05, 3.63) is 58.0 Å². The molecule has 0 saturated heterocycles. The minimum atomic E-state index is -0.122. The van der Waals surface area contributed by atoms with Crippen molar-refractivity contribution in [2.75, 3.05) is 7.05 Å². The molecule has 0 aliphatic heterocycles. The fraction of sp³-hybridized carbons (Fsp3) is 0.438. The van der Waals surface area contributed by atoms with E-state index in [-0.39, 0.29) is 11.1 Å². The Kier molecular flexibility index (Phi) is 2.75. The van der Waals surface area contributed by atoms with Gasteiger partial charge in [-0.2, -0.15) is 0 Å². The van der Waals surface area contributed by atoms with Crippen molar-refractivity contribution in [1.82, 2.24) is 10.3 Å². The maximum atomic E-state index is 11.6. The highest BCUT2D eigenvalue weighted by atomic mass is 16.1. The van der Waals surface area contributed by atoms with Gasteiger partial charge in [0.15, 0.2) is 0 Å². The van der Waals surface area contributed by atoms with Crippen LogP contribution in [0.4, 0.5) is 0 Å². The van der Waals surface area contributed by atoms with Crippen LogP contribution in [0.25, 0.3) is 0 Å². The summed E-state index contributed by atoms with van der Waals surface area (Å²) in [5.41, 5.74) is 3.58. The van der Waals surface area contributed by atoms with Gasteiger partial charge in [-0.25, -0.2) is 0 Å². The van der Waals surface area contributed by atoms with E-state index in [1.54, 1.807) is 6.07 Å². The molecular formula is C16H20N2O. The summed E-state index contributed by atoms with van der Waals surface area (Å²) in [5, 5.41) is 3.52. The number of allylic oxidation sites excluding steroid dienone is 1. The summed E-state index contributed by atoms with van der Waals surface area (Å²) in [6.45, 7) is 6.22. The third-order valence-electron chi connectivity index (χ3n) is 4.71. The first-order chi connectivity index (χ1) is 9.10. The van der Waals surface area contributed by atoms with E-state index in [1.165, 1.54) is 11.1 Å². The Morgan fingerprint density at radius 1 is 1.53 bits per heavy atom. The van der Waals surface area contributed by atoms with Gasteiger partial charge in [-0.1, -0.05) is 17.7 Å². The van der Waals surface area contributed by atoms with E-state index in [0.717, 1.165) is 18.5 Å². The van der Waals surface area contributed by atoms with E-state index in [9.17, 15) is 4.79 Å². The lowest BCUT2D eigenvalue weighted by Gasteiger charge is -2.50. The normalized spacial score (nSPS) is 32.4. The van der Waals surface area contributed by atoms with E-state index in [4.69, 9.17) is 0 Å². The molecule has 3 atom stereocenters. The van der Waals surface area contributed by atoms with E-state index < -0.39 is 0 Å². The number of rotatable bonds is 2. The molecule has 0 aromatic carbocycles. The Balaban J connectivity index is 2.27. The molecule has 0 saturated carbocycles. The fourth-order valence-electron chi connectivity index (χ4n) is 4.01. The average molecular weight is 256 g/mol. The van der Waals surface area contributed by atoms with E-state index >= 15 is 0 Å². The molecule has 1 unspecified atom stereocenters. The molecule has 0 amide bonds. The van der Waals surface area contributed by atoms with Crippen LogP contribution < -0.4 is 10.9 Å². The van der Waals surface area contributed by atoms with Crippen LogP contribution in [0.1, 0.15) is 24.6 Å². The van der Waals surface area contributed by atoms with Gasteiger partial charge in [0.2, 0.25) is 5.56 Å². The highest BCUT2D eigenvalue weighted by Gasteiger charge is 2.48. The van der Waals surface area contributed by atoms with Crippen LogP contribution in [0, 0.1) is 11.8 Å². The molecule has 2 aliphatic rings. The Morgan fingerprint density at radius 2 is 2.32 bits per heavy atom. The van der Waals surface area contributed by atoms with Crippen LogP contribution in [-0.4, -0.2) is 12.0 Å². The van der Waals surface area contributed by atoms with Gasteiger partial charge < -0.3 is 10.3 Å². The Morgan fingerprint density at radius 3 is 3.00 bits per heavy atom.